The summed E-state index contributed by atoms with van der Waals surface area (Å²) in [6.45, 7) is 4.11. The van der Waals surface area contributed by atoms with E-state index >= 15 is 0 Å². The largest absolute Gasteiger partial charge is 0.388 e. The monoisotopic (exact) mass is 298 g/mol. The first kappa shape index (κ1) is 14.8. The minimum absolute atomic E-state index is 0.304. The Bertz CT molecular complexity index is 522. The number of aliphatic hydroxyl groups is 1. The minimum atomic E-state index is -0.304. The second-order valence-electron chi connectivity index (χ2n) is 8.17. The van der Waals surface area contributed by atoms with Crippen LogP contribution < -0.4 is 0 Å². The number of hydrogen-bond acceptors (Lipinski definition) is 1. The molecule has 120 valence electrons. The van der Waals surface area contributed by atoms with Crippen LogP contribution in [-0.2, 0) is 0 Å². The second kappa shape index (κ2) is 5.67. The van der Waals surface area contributed by atoms with Crippen molar-refractivity contribution in [2.24, 2.45) is 17.3 Å². The van der Waals surface area contributed by atoms with Gasteiger partial charge in [0.2, 0.25) is 0 Å². The lowest BCUT2D eigenvalue weighted by molar-refractivity contribution is 0.139. The molecule has 0 heterocycles. The average molecular weight is 298 g/mol. The van der Waals surface area contributed by atoms with Crippen molar-refractivity contribution in [1.29, 1.82) is 0 Å². The van der Waals surface area contributed by atoms with Crippen molar-refractivity contribution in [1.82, 2.24) is 0 Å². The lowest BCUT2D eigenvalue weighted by Gasteiger charge is -2.42. The number of hydrogen-bond donors (Lipinski definition) is 1. The van der Waals surface area contributed by atoms with Crippen molar-refractivity contribution >= 4 is 0 Å². The first-order chi connectivity index (χ1) is 10.7. The predicted molar refractivity (Wildman–Crippen MR) is 91.5 cm³/mol. The van der Waals surface area contributed by atoms with Gasteiger partial charge in [-0.25, -0.2) is 0 Å². The van der Waals surface area contributed by atoms with Gasteiger partial charge in [-0.3, -0.25) is 0 Å². The maximum Gasteiger partial charge on any atom is 0.0787 e. The Morgan fingerprint density at radius 3 is 2.59 bits per heavy atom. The summed E-state index contributed by atoms with van der Waals surface area (Å²) in [7, 11) is 0. The molecule has 0 aliphatic heterocycles. The molecule has 0 bridgehead atoms. The van der Waals surface area contributed by atoms with Gasteiger partial charge in [0.25, 0.3) is 0 Å². The highest BCUT2D eigenvalue weighted by Crippen LogP contribution is 2.64. The maximum atomic E-state index is 10.00. The van der Waals surface area contributed by atoms with Gasteiger partial charge in [-0.05, 0) is 92.6 Å². The van der Waals surface area contributed by atoms with Crippen LogP contribution in [0.3, 0.4) is 0 Å². The topological polar surface area (TPSA) is 20.2 Å². The van der Waals surface area contributed by atoms with Gasteiger partial charge in [-0.2, -0.15) is 0 Å². The summed E-state index contributed by atoms with van der Waals surface area (Å²) in [5.41, 5.74) is 4.67. The van der Waals surface area contributed by atoms with Crippen LogP contribution in [0.4, 0.5) is 0 Å². The molecular formula is C21H30O. The van der Waals surface area contributed by atoms with E-state index < -0.39 is 0 Å². The van der Waals surface area contributed by atoms with Crippen LogP contribution in [0, 0.1) is 17.3 Å². The fraction of sp³-hybridized carbons (Fsp3) is 0.714. The molecule has 3 atom stereocenters. The molecular weight excluding hydrogens is 268 g/mol. The molecule has 4 aliphatic carbocycles. The predicted octanol–water partition coefficient (Wildman–Crippen LogP) is 5.32. The van der Waals surface area contributed by atoms with Crippen molar-refractivity contribution in [2.45, 2.75) is 76.7 Å². The third-order valence-corrected chi connectivity index (χ3v) is 7.01. The quantitative estimate of drug-likeness (QED) is 0.731. The van der Waals surface area contributed by atoms with Crippen LogP contribution in [0.5, 0.6) is 0 Å². The molecule has 1 heteroatoms. The Morgan fingerprint density at radius 1 is 0.955 bits per heavy atom. The third kappa shape index (κ3) is 2.42. The molecule has 4 aliphatic rings. The van der Waals surface area contributed by atoms with Crippen LogP contribution in [0.25, 0.3) is 0 Å². The van der Waals surface area contributed by atoms with E-state index in [4.69, 9.17) is 0 Å². The van der Waals surface area contributed by atoms with Gasteiger partial charge in [0, 0.05) is 0 Å². The fourth-order valence-electron chi connectivity index (χ4n) is 5.73. The zero-order valence-electron chi connectivity index (χ0n) is 13.8. The van der Waals surface area contributed by atoms with Crippen LogP contribution in [-0.4, -0.2) is 11.2 Å². The summed E-state index contributed by atoms with van der Waals surface area (Å²) in [6, 6.07) is 0. The molecule has 0 aromatic heterocycles. The summed E-state index contributed by atoms with van der Waals surface area (Å²) < 4.78 is 0. The van der Waals surface area contributed by atoms with Crippen LogP contribution in [0.1, 0.15) is 70.6 Å². The maximum absolute atomic E-state index is 10.00. The highest BCUT2D eigenvalue weighted by atomic mass is 16.3. The Kier molecular flexibility index (Phi) is 3.80. The molecule has 4 saturated carbocycles. The molecule has 0 amide bonds. The van der Waals surface area contributed by atoms with Crippen molar-refractivity contribution < 1.29 is 5.11 Å². The van der Waals surface area contributed by atoms with E-state index in [-0.39, 0.29) is 6.10 Å². The SMILES string of the molecule is C=C1/C(=C\C=C2/CCCC3(C4CC4)CCCC23)CCCC1O. The zero-order valence-corrected chi connectivity index (χ0v) is 13.8. The van der Waals surface area contributed by atoms with Crippen molar-refractivity contribution in [3.05, 3.63) is 35.5 Å². The first-order valence-electron chi connectivity index (χ1n) is 9.47. The van der Waals surface area contributed by atoms with E-state index in [0.717, 1.165) is 36.7 Å². The van der Waals surface area contributed by atoms with E-state index in [2.05, 4.69) is 18.7 Å². The summed E-state index contributed by atoms with van der Waals surface area (Å²) in [4.78, 5) is 0. The van der Waals surface area contributed by atoms with Crippen LogP contribution in [0.15, 0.2) is 35.5 Å². The Hall–Kier alpha value is -0.820. The van der Waals surface area contributed by atoms with E-state index in [0.29, 0.717) is 5.41 Å². The lowest BCUT2D eigenvalue weighted by atomic mass is 9.63. The smallest absolute Gasteiger partial charge is 0.0787 e. The molecule has 0 aromatic rings. The standard InChI is InChI=1S/C21H30O/c1-15-16(5-2-8-20(15)22)9-10-17-6-3-13-21(18-11-12-18)14-4-7-19(17)21/h9-10,18-20,22H,1-8,11-14H2/b16-9-,17-10+. The summed E-state index contributed by atoms with van der Waals surface area (Å²) >= 11 is 0. The zero-order chi connectivity index (χ0) is 15.2. The average Bonchev–Trinajstić information content (AvgIpc) is 3.29. The molecule has 0 saturated heterocycles. The van der Waals surface area contributed by atoms with Gasteiger partial charge in [-0.1, -0.05) is 30.7 Å². The van der Waals surface area contributed by atoms with Gasteiger partial charge in [0.15, 0.2) is 0 Å². The van der Waals surface area contributed by atoms with E-state index in [1.807, 2.05) is 0 Å². The van der Waals surface area contributed by atoms with E-state index in [1.165, 1.54) is 56.9 Å². The van der Waals surface area contributed by atoms with E-state index in [1.54, 1.807) is 5.57 Å². The number of fused-ring (bicyclic) bond motifs is 1. The van der Waals surface area contributed by atoms with E-state index in [9.17, 15) is 5.11 Å². The van der Waals surface area contributed by atoms with Crippen molar-refractivity contribution in [2.75, 3.05) is 0 Å². The highest BCUT2D eigenvalue weighted by Gasteiger charge is 2.54. The minimum Gasteiger partial charge on any atom is -0.388 e. The molecule has 0 radical (unpaired) electrons. The Labute approximate surface area is 135 Å². The third-order valence-electron chi connectivity index (χ3n) is 7.01. The molecule has 1 N–H and O–H groups in total. The van der Waals surface area contributed by atoms with Gasteiger partial charge < -0.3 is 5.11 Å². The number of aliphatic hydroxyl groups excluding tert-OH is 1. The van der Waals surface area contributed by atoms with Crippen molar-refractivity contribution in [3.8, 4) is 0 Å². The molecule has 1 nitrogen and oxygen atoms in total. The molecule has 3 unspecified atom stereocenters. The molecule has 4 fully saturated rings. The van der Waals surface area contributed by atoms with Gasteiger partial charge in [0.05, 0.1) is 6.10 Å². The van der Waals surface area contributed by atoms with Crippen LogP contribution >= 0.6 is 0 Å². The molecule has 4 rings (SSSR count). The summed E-state index contributed by atoms with van der Waals surface area (Å²) in [5, 5.41) is 10.00. The normalized spacial score (nSPS) is 42.9. The highest BCUT2D eigenvalue weighted by molar-refractivity contribution is 5.37. The van der Waals surface area contributed by atoms with Gasteiger partial charge in [-0.15, -0.1) is 0 Å². The number of allylic oxidation sites excluding steroid dienone is 3. The molecule has 0 aromatic carbocycles. The Morgan fingerprint density at radius 2 is 1.77 bits per heavy atom. The lowest BCUT2D eigenvalue weighted by Crippen LogP contribution is -2.32. The summed E-state index contributed by atoms with van der Waals surface area (Å²) in [5.74, 6) is 1.91. The fourth-order valence-corrected chi connectivity index (χ4v) is 5.73. The van der Waals surface area contributed by atoms with Gasteiger partial charge >= 0.3 is 0 Å². The second-order valence-corrected chi connectivity index (χ2v) is 8.17. The van der Waals surface area contributed by atoms with Gasteiger partial charge in [0.1, 0.15) is 0 Å². The number of rotatable bonds is 2. The Balaban J connectivity index is 1.57. The molecule has 22 heavy (non-hydrogen) atoms. The van der Waals surface area contributed by atoms with Crippen molar-refractivity contribution in [3.63, 3.8) is 0 Å². The van der Waals surface area contributed by atoms with Crippen LogP contribution in [0.2, 0.25) is 0 Å². The first-order valence-corrected chi connectivity index (χ1v) is 9.47. The molecule has 0 spiro atoms. The summed E-state index contributed by atoms with van der Waals surface area (Å²) in [6.07, 6.45) is 19.1.